The van der Waals surface area contributed by atoms with Gasteiger partial charge in [0.15, 0.2) is 0 Å². The van der Waals surface area contributed by atoms with Crippen LogP contribution in [0.5, 0.6) is 5.75 Å². The van der Waals surface area contributed by atoms with Gasteiger partial charge in [0, 0.05) is 28.8 Å². The van der Waals surface area contributed by atoms with Gasteiger partial charge in [0.05, 0.1) is 11.4 Å². The zero-order valence-corrected chi connectivity index (χ0v) is 18.0. The summed E-state index contributed by atoms with van der Waals surface area (Å²) in [6.07, 6.45) is 0.305. The van der Waals surface area contributed by atoms with Crippen molar-refractivity contribution in [1.29, 1.82) is 0 Å². The molecule has 1 fully saturated rings. The van der Waals surface area contributed by atoms with Crippen LogP contribution in [0.15, 0.2) is 54.6 Å². The lowest BCUT2D eigenvalue weighted by atomic mass is 9.91. The second-order valence-electron chi connectivity index (χ2n) is 7.87. The molecule has 4 rings (SSSR count). The predicted octanol–water partition coefficient (Wildman–Crippen LogP) is 1.86. The molecule has 1 aromatic heterocycles. The lowest BCUT2D eigenvalue weighted by molar-refractivity contribution is -0.140. The van der Waals surface area contributed by atoms with Crippen molar-refractivity contribution >= 4 is 28.6 Å². The lowest BCUT2D eigenvalue weighted by Crippen LogP contribution is -2.58. The van der Waals surface area contributed by atoms with Crippen molar-refractivity contribution in [2.45, 2.75) is 26.0 Å². The maximum atomic E-state index is 12.7. The van der Waals surface area contributed by atoms with Crippen LogP contribution >= 0.6 is 0 Å². The molecule has 2 unspecified atom stereocenters. The van der Waals surface area contributed by atoms with E-state index in [0.29, 0.717) is 30.9 Å². The molecule has 2 heterocycles. The van der Waals surface area contributed by atoms with E-state index < -0.39 is 29.7 Å². The summed E-state index contributed by atoms with van der Waals surface area (Å²) in [6.45, 7) is 2.57. The number of carbonyl (C=O) groups is 3. The molecule has 2 aromatic carbocycles. The second-order valence-corrected chi connectivity index (χ2v) is 7.87. The topological polar surface area (TPSA) is 130 Å². The summed E-state index contributed by atoms with van der Waals surface area (Å²) in [7, 11) is 0. The first kappa shape index (κ1) is 22.2. The Morgan fingerprint density at radius 2 is 1.94 bits per heavy atom. The zero-order valence-electron chi connectivity index (χ0n) is 18.0. The zero-order chi connectivity index (χ0) is 23.4. The summed E-state index contributed by atoms with van der Waals surface area (Å²) >= 11 is 0. The van der Waals surface area contributed by atoms with Gasteiger partial charge in [0.1, 0.15) is 18.4 Å². The highest BCUT2D eigenvalue weighted by Crippen LogP contribution is 2.21. The minimum atomic E-state index is -1.07. The average Bonchev–Trinajstić information content (AvgIpc) is 2.83. The molecular formula is C24H24N4O5. The number of rotatable bonds is 6. The van der Waals surface area contributed by atoms with E-state index in [9.17, 15) is 14.4 Å². The van der Waals surface area contributed by atoms with Crippen LogP contribution in [0.4, 0.5) is 0 Å². The van der Waals surface area contributed by atoms with Crippen LogP contribution in [0, 0.1) is 12.8 Å². The number of hydroxylamine groups is 1. The largest absolute Gasteiger partial charge is 0.489 e. The number of piperidine rings is 1. The maximum Gasteiger partial charge on any atom is 0.251 e. The van der Waals surface area contributed by atoms with Gasteiger partial charge in [-0.05, 0) is 49.7 Å². The van der Waals surface area contributed by atoms with Gasteiger partial charge in [0.25, 0.3) is 5.91 Å². The highest BCUT2D eigenvalue weighted by Gasteiger charge is 2.37. The van der Waals surface area contributed by atoms with E-state index >= 15 is 0 Å². The molecule has 1 aliphatic heterocycles. The summed E-state index contributed by atoms with van der Waals surface area (Å²) in [5, 5.41) is 15.1. The molecule has 3 aromatic rings. The van der Waals surface area contributed by atoms with E-state index in [1.54, 1.807) is 29.7 Å². The number of pyridine rings is 1. The van der Waals surface area contributed by atoms with Crippen molar-refractivity contribution in [2.75, 3.05) is 6.54 Å². The van der Waals surface area contributed by atoms with Crippen molar-refractivity contribution in [3.63, 3.8) is 0 Å². The van der Waals surface area contributed by atoms with Crippen molar-refractivity contribution in [1.82, 2.24) is 21.1 Å². The van der Waals surface area contributed by atoms with Crippen LogP contribution in [0.2, 0.25) is 0 Å². The minimum Gasteiger partial charge on any atom is -0.489 e. The van der Waals surface area contributed by atoms with E-state index in [-0.39, 0.29) is 0 Å². The van der Waals surface area contributed by atoms with Crippen molar-refractivity contribution < 1.29 is 24.3 Å². The number of nitrogens with one attached hydrogen (secondary N) is 3. The Balaban J connectivity index is 1.42. The summed E-state index contributed by atoms with van der Waals surface area (Å²) < 4.78 is 5.92. The highest BCUT2D eigenvalue weighted by molar-refractivity contribution is 5.99. The van der Waals surface area contributed by atoms with Crippen molar-refractivity contribution in [2.24, 2.45) is 5.92 Å². The summed E-state index contributed by atoms with van der Waals surface area (Å²) in [5.41, 5.74) is 4.69. The molecule has 9 nitrogen and oxygen atoms in total. The van der Waals surface area contributed by atoms with Gasteiger partial charge in [-0.3, -0.25) is 24.6 Å². The number of para-hydroxylation sites is 1. The maximum absolute atomic E-state index is 12.7. The third-order valence-electron chi connectivity index (χ3n) is 5.61. The molecule has 0 spiro atoms. The SMILES string of the molecule is Cc1cc(COc2ccc(C(=O)NC3C(=O)NCCC3C(=O)NO)cc2)c2ccccc2n1. The van der Waals surface area contributed by atoms with Crippen LogP contribution in [-0.2, 0) is 16.2 Å². The number of nitrogens with zero attached hydrogens (tertiary/aromatic N) is 1. The minimum absolute atomic E-state index is 0.293. The summed E-state index contributed by atoms with van der Waals surface area (Å²) in [5.74, 6) is -1.96. The number of hydrogen-bond acceptors (Lipinski definition) is 6. The molecule has 33 heavy (non-hydrogen) atoms. The molecule has 4 N–H and O–H groups in total. The van der Waals surface area contributed by atoms with Crippen molar-refractivity contribution in [3.8, 4) is 5.75 Å². The van der Waals surface area contributed by atoms with Crippen LogP contribution in [-0.4, -0.2) is 40.5 Å². The number of hydrogen-bond donors (Lipinski definition) is 4. The molecule has 2 atom stereocenters. The monoisotopic (exact) mass is 448 g/mol. The van der Waals surface area contributed by atoms with Gasteiger partial charge >= 0.3 is 0 Å². The number of benzene rings is 2. The van der Waals surface area contributed by atoms with Crippen LogP contribution in [0.1, 0.15) is 28.0 Å². The van der Waals surface area contributed by atoms with Gasteiger partial charge in [-0.2, -0.15) is 0 Å². The Bertz CT molecular complexity index is 1200. The predicted molar refractivity (Wildman–Crippen MR) is 120 cm³/mol. The molecule has 0 aliphatic carbocycles. The molecule has 9 heteroatoms. The fourth-order valence-corrected chi connectivity index (χ4v) is 3.94. The number of aryl methyl sites for hydroxylation is 1. The van der Waals surface area contributed by atoms with E-state index in [0.717, 1.165) is 22.2 Å². The second kappa shape index (κ2) is 9.66. The number of ether oxygens (including phenoxy) is 1. The lowest BCUT2D eigenvalue weighted by Gasteiger charge is -2.30. The number of amides is 3. The fraction of sp³-hybridized carbons (Fsp3) is 0.250. The standard InChI is InChI=1S/C24H24N4O5/c1-14-12-16(18-4-2-3-5-20(18)26-14)13-33-17-8-6-15(7-9-17)22(29)27-21-19(23(30)28-32)10-11-25-24(21)31/h2-9,12,19,21,32H,10-11,13H2,1H3,(H,25,31)(H,27,29)(H,28,30). The molecule has 0 saturated carbocycles. The van der Waals surface area contributed by atoms with Gasteiger partial charge in [-0.15, -0.1) is 0 Å². The number of fused-ring (bicyclic) bond motifs is 1. The van der Waals surface area contributed by atoms with Gasteiger partial charge in [0.2, 0.25) is 11.8 Å². The van der Waals surface area contributed by atoms with E-state index in [4.69, 9.17) is 9.94 Å². The summed E-state index contributed by atoms with van der Waals surface area (Å²) in [6, 6.07) is 15.3. The summed E-state index contributed by atoms with van der Waals surface area (Å²) in [4.78, 5) is 41.2. The Kier molecular flexibility index (Phi) is 6.50. The molecule has 1 aliphatic rings. The molecule has 3 amide bonds. The molecular weight excluding hydrogens is 424 g/mol. The first-order valence-corrected chi connectivity index (χ1v) is 10.6. The van der Waals surface area contributed by atoms with Crippen LogP contribution < -0.4 is 20.9 Å². The van der Waals surface area contributed by atoms with E-state index in [2.05, 4.69) is 15.6 Å². The average molecular weight is 448 g/mol. The smallest absolute Gasteiger partial charge is 0.251 e. The van der Waals surface area contributed by atoms with Gasteiger partial charge in [-0.1, -0.05) is 18.2 Å². The molecule has 170 valence electrons. The third kappa shape index (κ3) is 4.93. The van der Waals surface area contributed by atoms with E-state index in [1.807, 2.05) is 37.3 Å². The molecule has 0 radical (unpaired) electrons. The third-order valence-corrected chi connectivity index (χ3v) is 5.61. The quantitative estimate of drug-likeness (QED) is 0.337. The van der Waals surface area contributed by atoms with Crippen molar-refractivity contribution in [3.05, 3.63) is 71.4 Å². The van der Waals surface area contributed by atoms with Gasteiger partial charge in [-0.25, -0.2) is 5.48 Å². The van der Waals surface area contributed by atoms with Crippen LogP contribution in [0.25, 0.3) is 10.9 Å². The number of carbonyl (C=O) groups excluding carboxylic acids is 3. The molecule has 0 bridgehead atoms. The Labute approximate surface area is 190 Å². The van der Waals surface area contributed by atoms with E-state index in [1.165, 1.54) is 0 Å². The first-order chi connectivity index (χ1) is 16.0. The number of aromatic nitrogens is 1. The first-order valence-electron chi connectivity index (χ1n) is 10.6. The highest BCUT2D eigenvalue weighted by atomic mass is 16.5. The fourth-order valence-electron chi connectivity index (χ4n) is 3.94. The Morgan fingerprint density at radius 1 is 1.18 bits per heavy atom. The molecule has 1 saturated heterocycles. The van der Waals surface area contributed by atoms with Gasteiger partial charge < -0.3 is 15.4 Å². The Hall–Kier alpha value is -3.98. The van der Waals surface area contributed by atoms with Crippen LogP contribution in [0.3, 0.4) is 0 Å². The Morgan fingerprint density at radius 3 is 2.70 bits per heavy atom. The normalized spacial score (nSPS) is 17.8.